The normalized spacial score (nSPS) is 16.7. The van der Waals surface area contributed by atoms with Crippen LogP contribution in [0.5, 0.6) is 0 Å². The first-order valence-corrected chi connectivity index (χ1v) is 8.96. The lowest BCUT2D eigenvalue weighted by Crippen LogP contribution is -2.31. The highest BCUT2D eigenvalue weighted by atomic mass is 16.3. The van der Waals surface area contributed by atoms with Crippen molar-refractivity contribution in [2.75, 3.05) is 4.90 Å². The summed E-state index contributed by atoms with van der Waals surface area (Å²) in [5, 5.41) is 10.7. The Kier molecular flexibility index (Phi) is 4.35. The highest BCUT2D eigenvalue weighted by Crippen LogP contribution is 2.42. The summed E-state index contributed by atoms with van der Waals surface area (Å²) in [6.07, 6.45) is 1.39. The zero-order chi connectivity index (χ0) is 19.8. The molecular weight excluding hydrogens is 354 g/mol. The fraction of sp³-hybridized carbons (Fsp3) is 0.130. The number of amides is 1. The molecule has 5 nitrogen and oxygen atoms in total. The largest absolute Gasteiger partial charge is 0.503 e. The Hall–Kier alpha value is -3.60. The van der Waals surface area contributed by atoms with Gasteiger partial charge in [0.05, 0.1) is 17.9 Å². The van der Waals surface area contributed by atoms with Crippen LogP contribution in [0.2, 0.25) is 0 Å². The molecular formula is C23H19NO4. The number of para-hydroxylation sites is 1. The molecule has 1 unspecified atom stereocenters. The first-order valence-electron chi connectivity index (χ1n) is 8.96. The molecule has 0 spiro atoms. The van der Waals surface area contributed by atoms with Crippen LogP contribution in [0.1, 0.15) is 33.3 Å². The molecule has 0 aliphatic carbocycles. The summed E-state index contributed by atoms with van der Waals surface area (Å²) in [5.41, 5.74) is 3.27. The third-order valence-electron chi connectivity index (χ3n) is 4.93. The number of ketones is 1. The number of carbonyl (C=O) groups excluding carboxylic acids is 2. The number of anilines is 1. The lowest BCUT2D eigenvalue weighted by Gasteiger charge is -2.28. The van der Waals surface area contributed by atoms with E-state index in [0.717, 1.165) is 16.7 Å². The van der Waals surface area contributed by atoms with Crippen LogP contribution in [-0.2, 0) is 4.79 Å². The Morgan fingerprint density at radius 2 is 1.82 bits per heavy atom. The molecule has 0 fully saturated rings. The number of hydrogen-bond acceptors (Lipinski definition) is 4. The van der Waals surface area contributed by atoms with Gasteiger partial charge in [-0.1, -0.05) is 48.0 Å². The monoisotopic (exact) mass is 373 g/mol. The van der Waals surface area contributed by atoms with Crippen molar-refractivity contribution in [3.8, 4) is 0 Å². The topological polar surface area (TPSA) is 70.7 Å². The van der Waals surface area contributed by atoms with Gasteiger partial charge in [0.1, 0.15) is 0 Å². The van der Waals surface area contributed by atoms with Crippen molar-refractivity contribution in [2.45, 2.75) is 19.9 Å². The Labute approximate surface area is 162 Å². The van der Waals surface area contributed by atoms with E-state index in [1.807, 2.05) is 62.4 Å². The van der Waals surface area contributed by atoms with Gasteiger partial charge in [0, 0.05) is 5.69 Å². The summed E-state index contributed by atoms with van der Waals surface area (Å²) < 4.78 is 5.24. The van der Waals surface area contributed by atoms with E-state index in [-0.39, 0.29) is 11.3 Å². The molecule has 4 rings (SSSR count). The zero-order valence-electron chi connectivity index (χ0n) is 15.5. The molecule has 0 saturated carbocycles. The van der Waals surface area contributed by atoms with Gasteiger partial charge in [-0.05, 0) is 43.2 Å². The average Bonchev–Trinajstić information content (AvgIpc) is 3.30. The van der Waals surface area contributed by atoms with E-state index in [0.29, 0.717) is 5.69 Å². The summed E-state index contributed by atoms with van der Waals surface area (Å²) in [7, 11) is 0. The third kappa shape index (κ3) is 2.81. The van der Waals surface area contributed by atoms with Crippen molar-refractivity contribution in [3.05, 3.63) is 101 Å². The maximum atomic E-state index is 13.1. The Balaban J connectivity index is 1.92. The van der Waals surface area contributed by atoms with E-state index >= 15 is 0 Å². The van der Waals surface area contributed by atoms with Crippen molar-refractivity contribution in [3.63, 3.8) is 0 Å². The minimum absolute atomic E-state index is 0.0220. The Bertz CT molecular complexity index is 1100. The second kappa shape index (κ2) is 6.85. The molecule has 1 aliphatic rings. The quantitative estimate of drug-likeness (QED) is 0.674. The number of aliphatic hydroxyl groups is 1. The van der Waals surface area contributed by atoms with E-state index in [9.17, 15) is 14.7 Å². The molecule has 3 aromatic rings. The van der Waals surface area contributed by atoms with Gasteiger partial charge in [-0.25, -0.2) is 0 Å². The van der Waals surface area contributed by atoms with Crippen LogP contribution >= 0.6 is 0 Å². The molecule has 1 atom stereocenters. The van der Waals surface area contributed by atoms with E-state index in [1.165, 1.54) is 17.2 Å². The number of nitrogens with zero attached hydrogens (tertiary/aromatic N) is 1. The number of rotatable bonds is 4. The van der Waals surface area contributed by atoms with Crippen LogP contribution in [0, 0.1) is 13.8 Å². The fourth-order valence-corrected chi connectivity index (χ4v) is 3.62. The van der Waals surface area contributed by atoms with Crippen LogP contribution < -0.4 is 4.90 Å². The van der Waals surface area contributed by atoms with Gasteiger partial charge < -0.3 is 9.52 Å². The van der Waals surface area contributed by atoms with Gasteiger partial charge in [0.2, 0.25) is 5.78 Å². The lowest BCUT2D eigenvalue weighted by molar-refractivity contribution is -0.117. The molecule has 1 amide bonds. The highest BCUT2D eigenvalue weighted by Gasteiger charge is 2.45. The molecule has 28 heavy (non-hydrogen) atoms. The molecule has 140 valence electrons. The van der Waals surface area contributed by atoms with Crippen LogP contribution in [0.4, 0.5) is 5.69 Å². The standard InChI is InChI=1S/C23H19NO4/c1-14-7-5-9-16(13-14)20-19(21(25)18-11-6-12-28-18)22(26)23(27)24(20)17-10-4-3-8-15(17)2/h3-13,20,26H,1-2H3. The maximum absolute atomic E-state index is 13.1. The van der Waals surface area contributed by atoms with Gasteiger partial charge in [-0.3, -0.25) is 14.5 Å². The van der Waals surface area contributed by atoms with Crippen LogP contribution in [-0.4, -0.2) is 16.8 Å². The first kappa shape index (κ1) is 17.8. The van der Waals surface area contributed by atoms with Gasteiger partial charge in [-0.2, -0.15) is 0 Å². The molecule has 0 bridgehead atoms. The predicted molar refractivity (Wildman–Crippen MR) is 105 cm³/mol. The van der Waals surface area contributed by atoms with Crippen molar-refractivity contribution < 1.29 is 19.1 Å². The highest BCUT2D eigenvalue weighted by molar-refractivity contribution is 6.20. The number of furan rings is 1. The minimum atomic E-state index is -0.744. The number of aryl methyl sites for hydroxylation is 2. The second-order valence-corrected chi connectivity index (χ2v) is 6.85. The van der Waals surface area contributed by atoms with Crippen molar-refractivity contribution >= 4 is 17.4 Å². The number of benzene rings is 2. The summed E-state index contributed by atoms with van der Waals surface area (Å²) in [6.45, 7) is 3.83. The summed E-state index contributed by atoms with van der Waals surface area (Å²) in [4.78, 5) is 27.6. The number of Topliss-reactive ketones (excluding diaryl/α,β-unsaturated/α-hetero) is 1. The van der Waals surface area contributed by atoms with Crippen molar-refractivity contribution in [2.24, 2.45) is 0 Å². The minimum Gasteiger partial charge on any atom is -0.503 e. The van der Waals surface area contributed by atoms with Crippen molar-refractivity contribution in [1.29, 1.82) is 0 Å². The molecule has 0 radical (unpaired) electrons. The van der Waals surface area contributed by atoms with E-state index in [2.05, 4.69) is 0 Å². The summed E-state index contributed by atoms with van der Waals surface area (Å²) in [6, 6.07) is 17.4. The summed E-state index contributed by atoms with van der Waals surface area (Å²) >= 11 is 0. The van der Waals surface area contributed by atoms with Gasteiger partial charge in [-0.15, -0.1) is 0 Å². The van der Waals surface area contributed by atoms with Crippen LogP contribution in [0.3, 0.4) is 0 Å². The molecule has 2 heterocycles. The fourth-order valence-electron chi connectivity index (χ4n) is 3.62. The van der Waals surface area contributed by atoms with E-state index in [4.69, 9.17) is 4.42 Å². The van der Waals surface area contributed by atoms with Crippen LogP contribution in [0.15, 0.2) is 82.7 Å². The molecule has 0 saturated heterocycles. The Morgan fingerprint density at radius 3 is 2.50 bits per heavy atom. The van der Waals surface area contributed by atoms with Crippen molar-refractivity contribution in [1.82, 2.24) is 0 Å². The second-order valence-electron chi connectivity index (χ2n) is 6.85. The lowest BCUT2D eigenvalue weighted by atomic mass is 9.93. The zero-order valence-corrected chi connectivity index (χ0v) is 15.5. The van der Waals surface area contributed by atoms with Gasteiger partial charge >= 0.3 is 0 Å². The SMILES string of the molecule is Cc1cccc(C2C(C(=O)c3ccco3)=C(O)C(=O)N2c2ccccc2C)c1. The first-order chi connectivity index (χ1) is 13.5. The third-order valence-corrected chi connectivity index (χ3v) is 4.93. The molecule has 5 heteroatoms. The van der Waals surface area contributed by atoms with Gasteiger partial charge in [0.25, 0.3) is 5.91 Å². The van der Waals surface area contributed by atoms with E-state index in [1.54, 1.807) is 6.07 Å². The van der Waals surface area contributed by atoms with E-state index < -0.39 is 23.5 Å². The molecule has 2 aromatic carbocycles. The Morgan fingerprint density at radius 1 is 1.04 bits per heavy atom. The molecule has 1 aromatic heterocycles. The number of carbonyl (C=O) groups is 2. The number of aliphatic hydroxyl groups excluding tert-OH is 1. The van der Waals surface area contributed by atoms with Crippen LogP contribution in [0.25, 0.3) is 0 Å². The number of hydrogen-bond donors (Lipinski definition) is 1. The summed E-state index contributed by atoms with van der Waals surface area (Å²) in [5.74, 6) is -1.57. The molecule has 1 aliphatic heterocycles. The maximum Gasteiger partial charge on any atom is 0.294 e. The predicted octanol–water partition coefficient (Wildman–Crippen LogP) is 4.68. The molecule has 1 N–H and O–H groups in total. The van der Waals surface area contributed by atoms with Gasteiger partial charge in [0.15, 0.2) is 11.5 Å². The smallest absolute Gasteiger partial charge is 0.294 e. The average molecular weight is 373 g/mol.